The summed E-state index contributed by atoms with van der Waals surface area (Å²) in [7, 11) is -4.30. The van der Waals surface area contributed by atoms with E-state index in [4.69, 9.17) is 4.74 Å². The molecule has 2 aliphatic rings. The molecule has 0 aliphatic carbocycles. The fraction of sp³-hybridized carbons (Fsp3) is 0.219. The standard InChI is InChI=1S/C32H29N5O4S/c1-2-41-30-11-7-6-10-27(30)32(36-20-18-35(19-21-36)25-14-16-34-17-15-25)28-22-24(23-33)12-13-29(28)37(31(32)38)42(39,40)26-8-4-3-5-9-26/h3-17,22H,2,18-21H2,1H3. The zero-order valence-corrected chi connectivity index (χ0v) is 23.9. The van der Waals surface area contributed by atoms with E-state index in [-0.39, 0.29) is 10.6 Å². The van der Waals surface area contributed by atoms with Gasteiger partial charge in [-0.25, -0.2) is 12.7 Å². The number of hydrogen-bond acceptors (Lipinski definition) is 8. The number of aromatic nitrogens is 1. The molecule has 0 spiro atoms. The molecule has 0 radical (unpaired) electrons. The third-order valence-corrected chi connectivity index (χ3v) is 9.58. The number of nitrogens with zero attached hydrogens (tertiary/aromatic N) is 5. The molecule has 4 aromatic rings. The van der Waals surface area contributed by atoms with Crippen molar-refractivity contribution in [2.45, 2.75) is 17.4 Å². The molecule has 3 aromatic carbocycles. The van der Waals surface area contributed by atoms with Crippen LogP contribution in [-0.2, 0) is 20.4 Å². The lowest BCUT2D eigenvalue weighted by Gasteiger charge is -2.46. The van der Waals surface area contributed by atoms with Crippen LogP contribution in [0.25, 0.3) is 0 Å². The number of para-hydroxylation sites is 1. The minimum absolute atomic E-state index is 0.00468. The van der Waals surface area contributed by atoms with E-state index < -0.39 is 21.5 Å². The molecule has 1 fully saturated rings. The van der Waals surface area contributed by atoms with E-state index in [0.29, 0.717) is 55.2 Å². The molecule has 3 heterocycles. The number of anilines is 2. The van der Waals surface area contributed by atoms with E-state index in [1.807, 2.05) is 42.2 Å². The Kier molecular flexibility index (Phi) is 7.14. The molecule has 6 rings (SSSR count). The SMILES string of the molecule is CCOc1ccccc1C1(N2CCN(c3ccncc3)CC2)C(=O)N(S(=O)(=O)c2ccccc2)c2ccc(C#N)cc21. The van der Waals surface area contributed by atoms with Crippen LogP contribution in [-0.4, -0.2) is 57.0 Å². The topological polar surface area (TPSA) is 107 Å². The van der Waals surface area contributed by atoms with Crippen molar-refractivity contribution in [3.8, 4) is 11.8 Å². The highest BCUT2D eigenvalue weighted by Gasteiger charge is 2.60. The highest BCUT2D eigenvalue weighted by Crippen LogP contribution is 2.53. The molecule has 10 heteroatoms. The Morgan fingerprint density at radius 2 is 1.60 bits per heavy atom. The predicted molar refractivity (Wildman–Crippen MR) is 159 cm³/mol. The minimum atomic E-state index is -4.30. The zero-order valence-electron chi connectivity index (χ0n) is 23.1. The maximum Gasteiger partial charge on any atom is 0.271 e. The Hall–Kier alpha value is -4.72. The van der Waals surface area contributed by atoms with Crippen molar-refractivity contribution in [3.63, 3.8) is 0 Å². The molecule has 0 bridgehead atoms. The molecular weight excluding hydrogens is 550 g/mol. The smallest absolute Gasteiger partial charge is 0.271 e. The second-order valence-corrected chi connectivity index (χ2v) is 11.8. The Morgan fingerprint density at radius 1 is 0.905 bits per heavy atom. The third-order valence-electron chi connectivity index (χ3n) is 7.87. The molecule has 1 amide bonds. The van der Waals surface area contributed by atoms with Gasteiger partial charge >= 0.3 is 0 Å². The molecule has 1 unspecified atom stereocenters. The van der Waals surface area contributed by atoms with Crippen molar-refractivity contribution >= 4 is 27.3 Å². The van der Waals surface area contributed by atoms with Gasteiger partial charge in [0.05, 0.1) is 28.8 Å². The van der Waals surface area contributed by atoms with Crippen molar-refractivity contribution in [1.29, 1.82) is 5.26 Å². The van der Waals surface area contributed by atoms with Gasteiger partial charge in [-0.05, 0) is 55.5 Å². The summed E-state index contributed by atoms with van der Waals surface area (Å²) in [5.74, 6) is -0.141. The highest BCUT2D eigenvalue weighted by atomic mass is 32.2. The molecule has 212 valence electrons. The van der Waals surface area contributed by atoms with Gasteiger partial charge in [0.1, 0.15) is 5.75 Å². The maximum atomic E-state index is 15.1. The molecule has 9 nitrogen and oxygen atoms in total. The first-order valence-corrected chi connectivity index (χ1v) is 15.2. The first kappa shape index (κ1) is 27.4. The van der Waals surface area contributed by atoms with Gasteiger partial charge in [0, 0.05) is 55.4 Å². The predicted octanol–water partition coefficient (Wildman–Crippen LogP) is 4.15. The fourth-order valence-corrected chi connectivity index (χ4v) is 7.50. The Bertz CT molecular complexity index is 1770. The van der Waals surface area contributed by atoms with Gasteiger partial charge < -0.3 is 9.64 Å². The van der Waals surface area contributed by atoms with E-state index in [1.165, 1.54) is 12.1 Å². The Morgan fingerprint density at radius 3 is 2.29 bits per heavy atom. The van der Waals surface area contributed by atoms with Crippen molar-refractivity contribution in [2.24, 2.45) is 0 Å². The van der Waals surface area contributed by atoms with Crippen molar-refractivity contribution in [1.82, 2.24) is 9.88 Å². The van der Waals surface area contributed by atoms with Gasteiger partial charge in [0.15, 0.2) is 5.54 Å². The van der Waals surface area contributed by atoms with Crippen LogP contribution in [0.1, 0.15) is 23.6 Å². The first-order chi connectivity index (χ1) is 20.4. The molecule has 1 saturated heterocycles. The highest BCUT2D eigenvalue weighted by molar-refractivity contribution is 7.93. The number of pyridine rings is 1. The van der Waals surface area contributed by atoms with E-state index in [2.05, 4.69) is 16.0 Å². The molecule has 0 N–H and O–H groups in total. The Balaban J connectivity index is 1.57. The number of nitriles is 1. The second kappa shape index (κ2) is 10.9. The van der Waals surface area contributed by atoms with Crippen LogP contribution < -0.4 is 13.9 Å². The van der Waals surface area contributed by atoms with Crippen LogP contribution in [0.2, 0.25) is 0 Å². The summed E-state index contributed by atoms with van der Waals surface area (Å²) >= 11 is 0. The normalized spacial score (nSPS) is 18.9. The summed E-state index contributed by atoms with van der Waals surface area (Å²) in [6, 6.07) is 26.0. The van der Waals surface area contributed by atoms with Crippen molar-refractivity contribution < 1.29 is 17.9 Å². The van der Waals surface area contributed by atoms with Gasteiger partial charge in [0.2, 0.25) is 0 Å². The molecule has 42 heavy (non-hydrogen) atoms. The molecule has 1 atom stereocenters. The number of carbonyl (C=O) groups is 1. The maximum absolute atomic E-state index is 15.1. The fourth-order valence-electron chi connectivity index (χ4n) is 6.02. The lowest BCUT2D eigenvalue weighted by molar-refractivity contribution is -0.127. The van der Waals surface area contributed by atoms with Crippen molar-refractivity contribution in [3.05, 3.63) is 114 Å². The number of ether oxygens (including phenoxy) is 1. The number of sulfonamides is 1. The van der Waals surface area contributed by atoms with Crippen LogP contribution in [0, 0.1) is 11.3 Å². The monoisotopic (exact) mass is 579 g/mol. The number of benzene rings is 3. The molecule has 0 saturated carbocycles. The first-order valence-electron chi connectivity index (χ1n) is 13.7. The summed E-state index contributed by atoms with van der Waals surface area (Å²) in [5.41, 5.74) is 0.999. The van der Waals surface area contributed by atoms with Crippen LogP contribution in [0.3, 0.4) is 0 Å². The largest absolute Gasteiger partial charge is 0.493 e. The molecule has 2 aliphatic heterocycles. The Labute approximate surface area is 245 Å². The summed E-state index contributed by atoms with van der Waals surface area (Å²) in [6.45, 7) is 4.30. The van der Waals surface area contributed by atoms with Gasteiger partial charge in [-0.1, -0.05) is 36.4 Å². The van der Waals surface area contributed by atoms with Crippen LogP contribution >= 0.6 is 0 Å². The lowest BCUT2D eigenvalue weighted by atomic mass is 9.80. The molecule has 1 aromatic heterocycles. The number of piperazine rings is 1. The van der Waals surface area contributed by atoms with Crippen LogP contribution in [0.15, 0.2) is 102 Å². The number of fused-ring (bicyclic) bond motifs is 1. The minimum Gasteiger partial charge on any atom is -0.493 e. The second-order valence-electron chi connectivity index (χ2n) is 10.1. The lowest BCUT2D eigenvalue weighted by Crippen LogP contribution is -2.60. The quantitative estimate of drug-likeness (QED) is 0.322. The number of amides is 1. The summed E-state index contributed by atoms with van der Waals surface area (Å²) in [6.07, 6.45) is 3.49. The van der Waals surface area contributed by atoms with Gasteiger partial charge in [0.25, 0.3) is 15.9 Å². The average Bonchev–Trinajstić information content (AvgIpc) is 3.30. The zero-order chi connectivity index (χ0) is 29.3. The average molecular weight is 580 g/mol. The van der Waals surface area contributed by atoms with Gasteiger partial charge in [-0.3, -0.25) is 14.7 Å². The van der Waals surface area contributed by atoms with E-state index in [0.717, 1.165) is 9.99 Å². The summed E-state index contributed by atoms with van der Waals surface area (Å²) < 4.78 is 35.3. The van der Waals surface area contributed by atoms with Gasteiger partial charge in [-0.2, -0.15) is 5.26 Å². The molecular formula is C32H29N5O4S. The number of rotatable bonds is 7. The number of hydrogen-bond donors (Lipinski definition) is 0. The van der Waals surface area contributed by atoms with E-state index in [1.54, 1.807) is 54.9 Å². The third kappa shape index (κ3) is 4.29. The van der Waals surface area contributed by atoms with Crippen LogP contribution in [0.5, 0.6) is 5.75 Å². The van der Waals surface area contributed by atoms with Crippen LogP contribution in [0.4, 0.5) is 11.4 Å². The van der Waals surface area contributed by atoms with Gasteiger partial charge in [-0.15, -0.1) is 0 Å². The summed E-state index contributed by atoms with van der Waals surface area (Å²) in [4.78, 5) is 23.4. The van der Waals surface area contributed by atoms with E-state index in [9.17, 15) is 13.7 Å². The van der Waals surface area contributed by atoms with Crippen molar-refractivity contribution in [2.75, 3.05) is 42.0 Å². The number of carbonyl (C=O) groups excluding carboxylic acids is 1. The van der Waals surface area contributed by atoms with E-state index >= 15 is 4.79 Å². The summed E-state index contributed by atoms with van der Waals surface area (Å²) in [5, 5.41) is 9.87.